The first-order chi connectivity index (χ1) is 5.54. The van der Waals surface area contributed by atoms with Crippen LogP contribution in [0.1, 0.15) is 13.8 Å². The molecule has 0 saturated heterocycles. The Hall–Kier alpha value is -1.58. The summed E-state index contributed by atoms with van der Waals surface area (Å²) in [5.74, 6) is 0.116. The van der Waals surface area contributed by atoms with Crippen LogP contribution in [-0.4, -0.2) is 11.6 Å². The lowest BCUT2D eigenvalue weighted by molar-refractivity contribution is -0.113. The van der Waals surface area contributed by atoms with Gasteiger partial charge in [-0.25, -0.2) is 0 Å². The molecule has 4 nitrogen and oxygen atoms in total. The number of allylic oxidation sites excluding steroid dienone is 1. The lowest BCUT2D eigenvalue weighted by Crippen LogP contribution is -2.15. The molecule has 0 aromatic carbocycles. The zero-order valence-electron chi connectivity index (χ0n) is 7.06. The van der Waals surface area contributed by atoms with Crippen molar-refractivity contribution in [2.24, 2.45) is 5.73 Å². The summed E-state index contributed by atoms with van der Waals surface area (Å²) in [6.07, 6.45) is 1.51. The van der Waals surface area contributed by atoms with E-state index in [-0.39, 0.29) is 11.6 Å². The number of hydrogen-bond donors (Lipinski definition) is 3. The summed E-state index contributed by atoms with van der Waals surface area (Å²) >= 11 is 0. The van der Waals surface area contributed by atoms with Crippen molar-refractivity contribution in [2.75, 3.05) is 0 Å². The maximum absolute atomic E-state index is 11.0. The van der Waals surface area contributed by atoms with Gasteiger partial charge in [-0.05, 0) is 13.8 Å². The van der Waals surface area contributed by atoms with Gasteiger partial charge in [0.2, 0.25) is 0 Å². The Morgan fingerprint density at radius 1 is 1.58 bits per heavy atom. The molecule has 0 radical (unpaired) electrons. The number of rotatable bonds is 1. The Morgan fingerprint density at radius 3 is 2.50 bits per heavy atom. The van der Waals surface area contributed by atoms with Crippen molar-refractivity contribution in [3.63, 3.8) is 0 Å². The third kappa shape index (κ3) is 1.23. The largest absolute Gasteiger partial charge is 0.402 e. The molecule has 4 N–H and O–H groups in total. The van der Waals surface area contributed by atoms with E-state index in [1.807, 2.05) is 0 Å². The fourth-order valence-corrected chi connectivity index (χ4v) is 1.11. The molecule has 1 heterocycles. The number of carbonyl (C=O) groups excluding carboxylic acids is 1. The average Bonchev–Trinajstić information content (AvgIpc) is 2.30. The van der Waals surface area contributed by atoms with Gasteiger partial charge in [-0.15, -0.1) is 0 Å². The second-order valence-electron chi connectivity index (χ2n) is 2.69. The number of carbonyl (C=O) groups is 1. The molecule has 12 heavy (non-hydrogen) atoms. The van der Waals surface area contributed by atoms with E-state index in [1.165, 1.54) is 13.1 Å². The first-order valence-corrected chi connectivity index (χ1v) is 3.57. The Balaban J connectivity index is 3.14. The van der Waals surface area contributed by atoms with Gasteiger partial charge in [-0.3, -0.25) is 10.2 Å². The monoisotopic (exact) mass is 165 g/mol. The summed E-state index contributed by atoms with van der Waals surface area (Å²) < 4.78 is 0. The number of hydrogen-bond acceptors (Lipinski definition) is 3. The van der Waals surface area contributed by atoms with E-state index >= 15 is 0 Å². The van der Waals surface area contributed by atoms with Crippen molar-refractivity contribution in [3.05, 3.63) is 23.0 Å². The molecular formula is C8H11N3O. The highest BCUT2D eigenvalue weighted by Gasteiger charge is 2.21. The van der Waals surface area contributed by atoms with Gasteiger partial charge in [0.25, 0.3) is 0 Å². The van der Waals surface area contributed by atoms with E-state index < -0.39 is 0 Å². The third-order valence-corrected chi connectivity index (χ3v) is 1.65. The Morgan fingerprint density at radius 2 is 2.17 bits per heavy atom. The van der Waals surface area contributed by atoms with Crippen LogP contribution in [0.3, 0.4) is 0 Å². The number of Topliss-reactive ketones (excluding diaryl/α,β-unsaturated/α-hetero) is 1. The zero-order chi connectivity index (χ0) is 9.30. The van der Waals surface area contributed by atoms with Crippen molar-refractivity contribution in [3.8, 4) is 0 Å². The Labute approximate surface area is 70.6 Å². The minimum atomic E-state index is -0.0791. The molecule has 1 rings (SSSR count). The van der Waals surface area contributed by atoms with Crippen LogP contribution < -0.4 is 11.1 Å². The molecule has 0 spiro atoms. The van der Waals surface area contributed by atoms with Crippen LogP contribution in [-0.2, 0) is 4.79 Å². The first-order valence-electron chi connectivity index (χ1n) is 3.57. The van der Waals surface area contributed by atoms with Gasteiger partial charge in [-0.2, -0.15) is 0 Å². The highest BCUT2D eigenvalue weighted by Crippen LogP contribution is 2.17. The molecule has 1 aliphatic heterocycles. The van der Waals surface area contributed by atoms with E-state index in [0.717, 1.165) is 0 Å². The molecular weight excluding hydrogens is 154 g/mol. The topological polar surface area (TPSA) is 79.0 Å². The van der Waals surface area contributed by atoms with Gasteiger partial charge < -0.3 is 11.1 Å². The summed E-state index contributed by atoms with van der Waals surface area (Å²) in [5.41, 5.74) is 7.02. The first kappa shape index (κ1) is 8.52. The Bertz CT molecular complexity index is 308. The van der Waals surface area contributed by atoms with E-state index in [9.17, 15) is 4.79 Å². The van der Waals surface area contributed by atoms with Gasteiger partial charge in [0.05, 0.1) is 0 Å². The summed E-state index contributed by atoms with van der Waals surface area (Å²) in [5, 5.41) is 10.1. The smallest absolute Gasteiger partial charge is 0.162 e. The molecule has 4 heteroatoms. The van der Waals surface area contributed by atoms with Crippen molar-refractivity contribution < 1.29 is 4.79 Å². The summed E-state index contributed by atoms with van der Waals surface area (Å²) in [6.45, 7) is 3.13. The van der Waals surface area contributed by atoms with Crippen molar-refractivity contribution in [2.45, 2.75) is 13.8 Å². The second-order valence-corrected chi connectivity index (χ2v) is 2.69. The lowest BCUT2D eigenvalue weighted by atomic mass is 10.0. The maximum Gasteiger partial charge on any atom is 0.162 e. The molecule has 0 aliphatic carbocycles. The highest BCUT2D eigenvalue weighted by molar-refractivity contribution is 6.15. The highest BCUT2D eigenvalue weighted by atomic mass is 16.1. The molecule has 0 atom stereocenters. The van der Waals surface area contributed by atoms with Gasteiger partial charge in [0, 0.05) is 23.0 Å². The van der Waals surface area contributed by atoms with E-state index in [1.54, 1.807) is 6.92 Å². The fourth-order valence-electron chi connectivity index (χ4n) is 1.11. The molecule has 0 saturated carbocycles. The molecule has 0 aromatic rings. The van der Waals surface area contributed by atoms with Crippen LogP contribution in [0.2, 0.25) is 0 Å². The van der Waals surface area contributed by atoms with Gasteiger partial charge in [0.1, 0.15) is 5.84 Å². The quantitative estimate of drug-likeness (QED) is 0.522. The fraction of sp³-hybridized carbons (Fsp3) is 0.250. The minimum Gasteiger partial charge on any atom is -0.402 e. The number of nitrogens with one attached hydrogen (secondary N) is 2. The minimum absolute atomic E-state index is 0.0791. The molecule has 0 unspecified atom stereocenters. The average molecular weight is 165 g/mol. The third-order valence-electron chi connectivity index (χ3n) is 1.65. The number of ketones is 1. The van der Waals surface area contributed by atoms with Crippen molar-refractivity contribution >= 4 is 11.6 Å². The predicted octanol–water partition coefficient (Wildman–Crippen LogP) is 0.272. The number of amidine groups is 1. The van der Waals surface area contributed by atoms with E-state index in [4.69, 9.17) is 11.1 Å². The zero-order valence-corrected chi connectivity index (χ0v) is 7.06. The van der Waals surface area contributed by atoms with E-state index in [2.05, 4.69) is 5.32 Å². The van der Waals surface area contributed by atoms with Gasteiger partial charge in [0.15, 0.2) is 5.78 Å². The van der Waals surface area contributed by atoms with Crippen LogP contribution in [0.4, 0.5) is 0 Å². The standard InChI is InChI=1S/C8H11N3O/c1-4(9)7-6(5(2)12)3-11-8(7)10/h3H,9H2,1-2H3,(H2,10,11)/b7-4+. The lowest BCUT2D eigenvalue weighted by Gasteiger charge is -2.02. The normalized spacial score (nSPS) is 20.2. The molecule has 0 fully saturated rings. The molecule has 0 aromatic heterocycles. The molecule has 0 amide bonds. The Kier molecular flexibility index (Phi) is 1.99. The summed E-state index contributed by atoms with van der Waals surface area (Å²) in [6, 6.07) is 0. The molecule has 1 aliphatic rings. The van der Waals surface area contributed by atoms with Crippen LogP contribution in [0.15, 0.2) is 23.0 Å². The van der Waals surface area contributed by atoms with Crippen LogP contribution in [0, 0.1) is 5.41 Å². The molecule has 0 bridgehead atoms. The maximum atomic E-state index is 11.0. The van der Waals surface area contributed by atoms with Crippen molar-refractivity contribution in [1.29, 1.82) is 5.41 Å². The van der Waals surface area contributed by atoms with Crippen molar-refractivity contribution in [1.82, 2.24) is 5.32 Å². The second kappa shape index (κ2) is 2.81. The van der Waals surface area contributed by atoms with Gasteiger partial charge >= 0.3 is 0 Å². The van der Waals surface area contributed by atoms with Crippen LogP contribution in [0.25, 0.3) is 0 Å². The van der Waals surface area contributed by atoms with E-state index in [0.29, 0.717) is 16.8 Å². The molecule has 64 valence electrons. The van der Waals surface area contributed by atoms with Crippen LogP contribution >= 0.6 is 0 Å². The predicted molar refractivity (Wildman–Crippen MR) is 46.5 cm³/mol. The SMILES string of the molecule is CC(=O)C1=CNC(=N)/C1=C(\C)N. The summed E-state index contributed by atoms with van der Waals surface area (Å²) in [4.78, 5) is 11.0. The van der Waals surface area contributed by atoms with Crippen LogP contribution in [0.5, 0.6) is 0 Å². The van der Waals surface area contributed by atoms with Gasteiger partial charge in [-0.1, -0.05) is 0 Å². The summed E-state index contributed by atoms with van der Waals surface area (Å²) in [7, 11) is 0. The number of nitrogens with two attached hydrogens (primary N) is 1.